The van der Waals surface area contributed by atoms with E-state index in [2.05, 4.69) is 5.32 Å². The molecule has 25 heavy (non-hydrogen) atoms. The lowest BCUT2D eigenvalue weighted by atomic mass is 10.1. The number of nitro benzene ring substituents is 1. The molecule has 0 atom stereocenters. The van der Waals surface area contributed by atoms with E-state index in [0.29, 0.717) is 10.7 Å². The molecule has 0 aromatic heterocycles. The molecule has 8 nitrogen and oxygen atoms in total. The molecule has 2 aromatic carbocycles. The zero-order valence-corrected chi connectivity index (χ0v) is 14.0. The van der Waals surface area contributed by atoms with Crippen LogP contribution in [0.5, 0.6) is 0 Å². The third-order valence-electron chi connectivity index (χ3n) is 3.38. The minimum absolute atomic E-state index is 0.0227. The first-order chi connectivity index (χ1) is 11.8. The summed E-state index contributed by atoms with van der Waals surface area (Å²) >= 11 is 5.78. The maximum absolute atomic E-state index is 12.1. The first-order valence-corrected chi connectivity index (χ1v) is 7.50. The second-order valence-corrected chi connectivity index (χ2v) is 5.67. The van der Waals surface area contributed by atoms with E-state index in [-0.39, 0.29) is 29.4 Å². The van der Waals surface area contributed by atoms with Gasteiger partial charge in [-0.15, -0.1) is 0 Å². The van der Waals surface area contributed by atoms with Gasteiger partial charge >= 0.3 is 0 Å². The summed E-state index contributed by atoms with van der Waals surface area (Å²) in [5.74, 6) is -1.13. The molecule has 0 aliphatic heterocycles. The van der Waals surface area contributed by atoms with Gasteiger partial charge in [0.1, 0.15) is 5.69 Å². The van der Waals surface area contributed by atoms with Crippen molar-refractivity contribution < 1.29 is 14.5 Å². The van der Waals surface area contributed by atoms with Crippen molar-refractivity contribution in [3.05, 3.63) is 63.2 Å². The third-order valence-corrected chi connectivity index (χ3v) is 3.63. The lowest BCUT2D eigenvalue weighted by Gasteiger charge is -2.19. The van der Waals surface area contributed by atoms with Crippen LogP contribution in [0, 0.1) is 10.1 Å². The van der Waals surface area contributed by atoms with Crippen molar-refractivity contribution in [2.24, 2.45) is 5.73 Å². The summed E-state index contributed by atoms with van der Waals surface area (Å²) in [5, 5.41) is 14.4. The van der Waals surface area contributed by atoms with Crippen molar-refractivity contribution in [3.63, 3.8) is 0 Å². The van der Waals surface area contributed by atoms with E-state index in [1.165, 1.54) is 24.1 Å². The first-order valence-electron chi connectivity index (χ1n) is 7.12. The van der Waals surface area contributed by atoms with Gasteiger partial charge in [-0.25, -0.2) is 0 Å². The van der Waals surface area contributed by atoms with Gasteiger partial charge in [0.2, 0.25) is 11.8 Å². The number of benzene rings is 2. The summed E-state index contributed by atoms with van der Waals surface area (Å²) < 4.78 is 0. The minimum atomic E-state index is -0.766. The van der Waals surface area contributed by atoms with E-state index in [4.69, 9.17) is 17.3 Å². The standard InChI is InChI=1S/C16H15ClN4O4/c1-20(9-15(22)19-12-5-3-11(17)4-6-12)13-7-2-10(16(18)23)8-14(13)21(24)25/h2-8H,9H2,1H3,(H2,18,23)(H,19,22). The Morgan fingerprint density at radius 2 is 1.88 bits per heavy atom. The minimum Gasteiger partial charge on any atom is -0.366 e. The van der Waals surface area contributed by atoms with E-state index >= 15 is 0 Å². The molecular formula is C16H15ClN4O4. The Labute approximate surface area is 148 Å². The van der Waals surface area contributed by atoms with Crippen molar-refractivity contribution in [2.45, 2.75) is 0 Å². The summed E-state index contributed by atoms with van der Waals surface area (Å²) in [7, 11) is 1.54. The third kappa shape index (κ3) is 4.67. The summed E-state index contributed by atoms with van der Waals surface area (Å²) in [5.41, 5.74) is 5.61. The lowest BCUT2D eigenvalue weighted by Crippen LogP contribution is -2.30. The van der Waals surface area contributed by atoms with Gasteiger partial charge in [-0.3, -0.25) is 19.7 Å². The SMILES string of the molecule is CN(CC(=O)Nc1ccc(Cl)cc1)c1ccc(C(N)=O)cc1[N+](=O)[O-]. The van der Waals surface area contributed by atoms with Gasteiger partial charge in [0.05, 0.1) is 11.5 Å². The average molecular weight is 363 g/mol. The molecule has 0 heterocycles. The van der Waals surface area contributed by atoms with Gasteiger partial charge in [0, 0.05) is 29.4 Å². The number of carbonyl (C=O) groups is 2. The molecule has 0 radical (unpaired) electrons. The number of nitrogens with two attached hydrogens (primary N) is 1. The molecule has 2 amide bonds. The summed E-state index contributed by atoms with van der Waals surface area (Å²) in [6, 6.07) is 10.4. The number of rotatable bonds is 6. The van der Waals surface area contributed by atoms with Crippen LogP contribution < -0.4 is 16.0 Å². The van der Waals surface area contributed by atoms with E-state index < -0.39 is 10.8 Å². The Balaban J connectivity index is 2.15. The number of nitro groups is 1. The highest BCUT2D eigenvalue weighted by atomic mass is 35.5. The van der Waals surface area contributed by atoms with Gasteiger partial charge in [0.25, 0.3) is 5.69 Å². The maximum Gasteiger partial charge on any atom is 0.293 e. The number of nitrogens with zero attached hydrogens (tertiary/aromatic N) is 2. The molecule has 3 N–H and O–H groups in total. The number of primary amides is 1. The van der Waals surface area contributed by atoms with E-state index in [1.54, 1.807) is 24.3 Å². The molecule has 9 heteroatoms. The molecule has 2 aromatic rings. The fourth-order valence-corrected chi connectivity index (χ4v) is 2.31. The predicted molar refractivity (Wildman–Crippen MR) is 95.0 cm³/mol. The van der Waals surface area contributed by atoms with Gasteiger partial charge in [-0.1, -0.05) is 11.6 Å². The van der Waals surface area contributed by atoms with Crippen LogP contribution in [-0.2, 0) is 4.79 Å². The first kappa shape index (κ1) is 18.2. The molecule has 0 unspecified atom stereocenters. The fraction of sp³-hybridized carbons (Fsp3) is 0.125. The molecule has 0 fully saturated rings. The van der Waals surface area contributed by atoms with Crippen LogP contribution in [0.15, 0.2) is 42.5 Å². The summed E-state index contributed by atoms with van der Waals surface area (Å²) in [6.45, 7) is -0.126. The molecule has 0 saturated heterocycles. The van der Waals surface area contributed by atoms with Crippen molar-refractivity contribution in [1.82, 2.24) is 0 Å². The molecule has 0 aliphatic carbocycles. The number of halogens is 1. The molecule has 0 aliphatic rings. The Morgan fingerprint density at radius 1 is 1.24 bits per heavy atom. The van der Waals surface area contributed by atoms with Crippen LogP contribution in [0.3, 0.4) is 0 Å². The van der Waals surface area contributed by atoms with Crippen molar-refractivity contribution in [1.29, 1.82) is 0 Å². The van der Waals surface area contributed by atoms with Gasteiger partial charge < -0.3 is 16.0 Å². The van der Waals surface area contributed by atoms with Crippen LogP contribution in [0.4, 0.5) is 17.1 Å². The number of hydrogen-bond donors (Lipinski definition) is 2. The predicted octanol–water partition coefficient (Wildman–Crippen LogP) is 2.42. The number of carbonyl (C=O) groups excluding carboxylic acids is 2. The largest absolute Gasteiger partial charge is 0.366 e. The van der Waals surface area contributed by atoms with Crippen LogP contribution >= 0.6 is 11.6 Å². The smallest absolute Gasteiger partial charge is 0.293 e. The van der Waals surface area contributed by atoms with Crippen molar-refractivity contribution in [3.8, 4) is 0 Å². The van der Waals surface area contributed by atoms with Crippen LogP contribution in [-0.4, -0.2) is 30.3 Å². The van der Waals surface area contributed by atoms with Crippen LogP contribution in [0.1, 0.15) is 10.4 Å². The number of likely N-dealkylation sites (N-methyl/N-ethyl adjacent to an activating group) is 1. The van der Waals surface area contributed by atoms with Gasteiger partial charge in [-0.2, -0.15) is 0 Å². The molecular weight excluding hydrogens is 348 g/mol. The fourth-order valence-electron chi connectivity index (χ4n) is 2.18. The second kappa shape index (κ2) is 7.63. The molecule has 130 valence electrons. The number of nitrogens with one attached hydrogen (secondary N) is 1. The number of hydrogen-bond acceptors (Lipinski definition) is 5. The number of anilines is 2. The molecule has 2 rings (SSSR count). The zero-order chi connectivity index (χ0) is 18.6. The second-order valence-electron chi connectivity index (χ2n) is 5.24. The molecule has 0 bridgehead atoms. The Morgan fingerprint density at radius 3 is 2.44 bits per heavy atom. The zero-order valence-electron chi connectivity index (χ0n) is 13.2. The van der Waals surface area contributed by atoms with Crippen LogP contribution in [0.25, 0.3) is 0 Å². The van der Waals surface area contributed by atoms with Crippen molar-refractivity contribution in [2.75, 3.05) is 23.8 Å². The van der Waals surface area contributed by atoms with E-state index in [9.17, 15) is 19.7 Å². The molecule has 0 saturated carbocycles. The van der Waals surface area contributed by atoms with Crippen molar-refractivity contribution >= 4 is 40.5 Å². The Kier molecular flexibility index (Phi) is 5.56. The molecule has 0 spiro atoms. The van der Waals surface area contributed by atoms with E-state index in [0.717, 1.165) is 6.07 Å². The Hall–Kier alpha value is -3.13. The summed E-state index contributed by atoms with van der Waals surface area (Å²) in [4.78, 5) is 35.3. The maximum atomic E-state index is 12.1. The highest BCUT2D eigenvalue weighted by Gasteiger charge is 2.20. The summed E-state index contributed by atoms with van der Waals surface area (Å²) in [6.07, 6.45) is 0. The van der Waals surface area contributed by atoms with Gasteiger partial charge in [-0.05, 0) is 36.4 Å². The quantitative estimate of drug-likeness (QED) is 0.604. The lowest BCUT2D eigenvalue weighted by molar-refractivity contribution is -0.384. The highest BCUT2D eigenvalue weighted by molar-refractivity contribution is 6.30. The topological polar surface area (TPSA) is 119 Å². The monoisotopic (exact) mass is 362 g/mol. The highest BCUT2D eigenvalue weighted by Crippen LogP contribution is 2.28. The number of amides is 2. The normalized spacial score (nSPS) is 10.2. The Bertz CT molecular complexity index is 823. The van der Waals surface area contributed by atoms with Gasteiger partial charge in [0.15, 0.2) is 0 Å². The van der Waals surface area contributed by atoms with E-state index in [1.807, 2.05) is 0 Å². The van der Waals surface area contributed by atoms with Crippen LogP contribution in [0.2, 0.25) is 5.02 Å². The average Bonchev–Trinajstić information content (AvgIpc) is 2.56.